The van der Waals surface area contributed by atoms with E-state index in [-0.39, 0.29) is 18.2 Å². The van der Waals surface area contributed by atoms with Crippen molar-refractivity contribution in [2.24, 2.45) is 0 Å². The average Bonchev–Trinajstić information content (AvgIpc) is 3.17. The minimum absolute atomic E-state index is 0.0257. The predicted octanol–water partition coefficient (Wildman–Crippen LogP) is 2.54. The van der Waals surface area contributed by atoms with Crippen molar-refractivity contribution < 1.29 is 14.0 Å². The number of hydrogen-bond acceptors (Lipinski definition) is 4. The maximum atomic E-state index is 12.5. The van der Waals surface area contributed by atoms with E-state index in [1.807, 2.05) is 37.3 Å². The van der Waals surface area contributed by atoms with Crippen LogP contribution in [0.25, 0.3) is 0 Å². The molecule has 0 saturated carbocycles. The Bertz CT molecular complexity index is 786. The smallest absolute Gasteiger partial charge is 0.251 e. The van der Waals surface area contributed by atoms with E-state index < -0.39 is 6.04 Å². The highest BCUT2D eigenvalue weighted by molar-refractivity contribution is 7.80. The van der Waals surface area contributed by atoms with E-state index >= 15 is 0 Å². The molecule has 6 nitrogen and oxygen atoms in total. The molecule has 7 heteroatoms. The molecule has 1 aliphatic heterocycles. The molecule has 2 heterocycles. The molecule has 1 atom stereocenters. The van der Waals surface area contributed by atoms with E-state index in [0.717, 1.165) is 5.56 Å². The van der Waals surface area contributed by atoms with E-state index in [1.165, 1.54) is 4.90 Å². The standard InChI is InChI=1S/C18H19N3O3S/c1-12-5-7-13(8-6-12)19-16(22)10-15-17(23)20(2)18(25)21(15)11-14-4-3-9-24-14/h3-9,15H,10-11H2,1-2H3,(H,19,22). The normalized spacial score (nSPS) is 17.3. The van der Waals surface area contributed by atoms with Gasteiger partial charge >= 0.3 is 0 Å². The first kappa shape index (κ1) is 17.2. The molecule has 0 spiro atoms. The number of hydrogen-bond donors (Lipinski definition) is 1. The Hall–Kier alpha value is -2.67. The van der Waals surface area contributed by atoms with Crippen LogP contribution in [0.4, 0.5) is 5.69 Å². The maximum Gasteiger partial charge on any atom is 0.251 e. The lowest BCUT2D eigenvalue weighted by Crippen LogP contribution is -2.37. The molecule has 0 aliphatic carbocycles. The van der Waals surface area contributed by atoms with Crippen LogP contribution in [-0.2, 0) is 16.1 Å². The van der Waals surface area contributed by atoms with E-state index in [2.05, 4.69) is 5.32 Å². The van der Waals surface area contributed by atoms with Gasteiger partial charge in [0.05, 0.1) is 19.2 Å². The van der Waals surface area contributed by atoms with E-state index in [4.69, 9.17) is 16.6 Å². The van der Waals surface area contributed by atoms with E-state index in [9.17, 15) is 9.59 Å². The molecule has 0 radical (unpaired) electrons. The number of carbonyl (C=O) groups excluding carboxylic acids is 2. The average molecular weight is 357 g/mol. The van der Waals surface area contributed by atoms with Gasteiger partial charge in [0.2, 0.25) is 5.91 Å². The highest BCUT2D eigenvalue weighted by atomic mass is 32.1. The van der Waals surface area contributed by atoms with Crippen molar-refractivity contribution in [2.45, 2.75) is 25.9 Å². The molecule has 2 amide bonds. The lowest BCUT2D eigenvalue weighted by molar-refractivity contribution is -0.130. The van der Waals surface area contributed by atoms with Crippen LogP contribution >= 0.6 is 12.2 Å². The number of benzene rings is 1. The van der Waals surface area contributed by atoms with Crippen molar-refractivity contribution in [2.75, 3.05) is 12.4 Å². The lowest BCUT2D eigenvalue weighted by Gasteiger charge is -2.22. The molecular formula is C18H19N3O3S. The second kappa shape index (κ2) is 7.06. The zero-order valence-corrected chi connectivity index (χ0v) is 14.9. The highest BCUT2D eigenvalue weighted by Crippen LogP contribution is 2.23. The van der Waals surface area contributed by atoms with Gasteiger partial charge in [0.1, 0.15) is 11.8 Å². The molecule has 0 bridgehead atoms. The zero-order chi connectivity index (χ0) is 18.0. The fourth-order valence-corrected chi connectivity index (χ4v) is 3.03. The summed E-state index contributed by atoms with van der Waals surface area (Å²) in [6.07, 6.45) is 1.59. The van der Waals surface area contributed by atoms with Crippen LogP contribution in [0.1, 0.15) is 17.7 Å². The van der Waals surface area contributed by atoms with Crippen molar-refractivity contribution in [1.29, 1.82) is 0 Å². The number of nitrogens with one attached hydrogen (secondary N) is 1. The van der Waals surface area contributed by atoms with Gasteiger partial charge in [0.15, 0.2) is 5.11 Å². The van der Waals surface area contributed by atoms with Gasteiger partial charge in [0, 0.05) is 12.7 Å². The summed E-state index contributed by atoms with van der Waals surface area (Å²) in [5.41, 5.74) is 1.81. The van der Waals surface area contributed by atoms with Gasteiger partial charge in [-0.05, 0) is 43.4 Å². The highest BCUT2D eigenvalue weighted by Gasteiger charge is 2.41. The molecule has 3 rings (SSSR count). The lowest BCUT2D eigenvalue weighted by atomic mass is 10.1. The monoisotopic (exact) mass is 357 g/mol. The molecule has 1 saturated heterocycles. The summed E-state index contributed by atoms with van der Waals surface area (Å²) in [6, 6.07) is 10.5. The van der Waals surface area contributed by atoms with Crippen LogP contribution in [-0.4, -0.2) is 39.8 Å². The molecular weight excluding hydrogens is 338 g/mol. The topological polar surface area (TPSA) is 65.8 Å². The molecule has 1 aromatic heterocycles. The molecule has 1 N–H and O–H groups in total. The van der Waals surface area contributed by atoms with Gasteiger partial charge in [-0.25, -0.2) is 0 Å². The van der Waals surface area contributed by atoms with Gasteiger partial charge in [0.25, 0.3) is 5.91 Å². The SMILES string of the molecule is Cc1ccc(NC(=O)CC2C(=O)N(C)C(=S)N2Cc2ccco2)cc1. The minimum atomic E-state index is -0.631. The number of nitrogens with zero attached hydrogens (tertiary/aromatic N) is 2. The number of carbonyl (C=O) groups is 2. The third kappa shape index (κ3) is 3.71. The molecule has 1 unspecified atom stereocenters. The summed E-state index contributed by atoms with van der Waals surface area (Å²) in [7, 11) is 1.62. The Morgan fingerprint density at radius 1 is 1.28 bits per heavy atom. The largest absolute Gasteiger partial charge is 0.467 e. The van der Waals surface area contributed by atoms with Crippen molar-refractivity contribution in [3.63, 3.8) is 0 Å². The second-order valence-electron chi connectivity index (χ2n) is 6.02. The third-order valence-corrected chi connectivity index (χ3v) is 4.65. The number of rotatable bonds is 5. The molecule has 130 valence electrons. The van der Waals surface area contributed by atoms with Crippen LogP contribution in [0, 0.1) is 6.92 Å². The van der Waals surface area contributed by atoms with Gasteiger partial charge in [-0.15, -0.1) is 0 Å². The van der Waals surface area contributed by atoms with E-state index in [1.54, 1.807) is 24.3 Å². The summed E-state index contributed by atoms with van der Waals surface area (Å²) in [5, 5.41) is 3.22. The van der Waals surface area contributed by atoms with Crippen LogP contribution in [0.15, 0.2) is 47.1 Å². The Morgan fingerprint density at radius 3 is 2.64 bits per heavy atom. The first-order chi connectivity index (χ1) is 12.0. The Morgan fingerprint density at radius 2 is 2.00 bits per heavy atom. The molecule has 1 fully saturated rings. The number of furan rings is 1. The summed E-state index contributed by atoms with van der Waals surface area (Å²) >= 11 is 5.34. The summed E-state index contributed by atoms with van der Waals surface area (Å²) in [5.74, 6) is 0.273. The first-order valence-electron chi connectivity index (χ1n) is 7.93. The summed E-state index contributed by atoms with van der Waals surface area (Å²) in [4.78, 5) is 28.0. The molecule has 1 aliphatic rings. The second-order valence-corrected chi connectivity index (χ2v) is 6.39. The fourth-order valence-electron chi connectivity index (χ4n) is 2.75. The third-order valence-electron chi connectivity index (χ3n) is 4.14. The van der Waals surface area contributed by atoms with Gasteiger partial charge in [-0.3, -0.25) is 14.5 Å². The zero-order valence-electron chi connectivity index (χ0n) is 14.1. The van der Waals surface area contributed by atoms with Crippen molar-refractivity contribution in [1.82, 2.24) is 9.80 Å². The Labute approximate surface area is 151 Å². The van der Waals surface area contributed by atoms with Crippen molar-refractivity contribution >= 4 is 34.8 Å². The van der Waals surface area contributed by atoms with Crippen molar-refractivity contribution in [3.05, 3.63) is 54.0 Å². The quantitative estimate of drug-likeness (QED) is 0.833. The number of likely N-dealkylation sites (N-methyl/N-ethyl adjacent to an activating group) is 1. The van der Waals surface area contributed by atoms with Crippen LogP contribution in [0.2, 0.25) is 0 Å². The molecule has 1 aromatic carbocycles. The number of amides is 2. The summed E-state index contributed by atoms with van der Waals surface area (Å²) in [6.45, 7) is 2.33. The maximum absolute atomic E-state index is 12.5. The fraction of sp³-hybridized carbons (Fsp3) is 0.278. The van der Waals surface area contributed by atoms with Crippen LogP contribution < -0.4 is 5.32 Å². The van der Waals surface area contributed by atoms with Gasteiger partial charge < -0.3 is 14.6 Å². The number of thiocarbonyl (C=S) groups is 1. The molecule has 2 aromatic rings. The van der Waals surface area contributed by atoms with Gasteiger partial charge in [-0.1, -0.05) is 17.7 Å². The molecule has 25 heavy (non-hydrogen) atoms. The predicted molar refractivity (Wildman–Crippen MR) is 97.8 cm³/mol. The minimum Gasteiger partial charge on any atom is -0.467 e. The first-order valence-corrected chi connectivity index (χ1v) is 8.33. The van der Waals surface area contributed by atoms with Crippen molar-refractivity contribution in [3.8, 4) is 0 Å². The van der Waals surface area contributed by atoms with E-state index in [0.29, 0.717) is 23.1 Å². The van der Waals surface area contributed by atoms with Gasteiger partial charge in [-0.2, -0.15) is 0 Å². The van der Waals surface area contributed by atoms with Crippen LogP contribution in [0.3, 0.4) is 0 Å². The Kier molecular flexibility index (Phi) is 4.85. The number of aryl methyl sites for hydroxylation is 1. The Balaban J connectivity index is 1.71. The van der Waals surface area contributed by atoms with Crippen LogP contribution in [0.5, 0.6) is 0 Å². The number of anilines is 1. The summed E-state index contributed by atoms with van der Waals surface area (Å²) < 4.78 is 5.34.